The molecule has 1 aromatic carbocycles. The fourth-order valence-corrected chi connectivity index (χ4v) is 3.10. The summed E-state index contributed by atoms with van der Waals surface area (Å²) >= 11 is 0. The van der Waals surface area contributed by atoms with Crippen LogP contribution < -0.4 is 15.2 Å². The number of methoxy groups -OCH3 is 2. The first-order chi connectivity index (χ1) is 22.0. The van der Waals surface area contributed by atoms with Gasteiger partial charge in [-0.2, -0.15) is 0 Å². The van der Waals surface area contributed by atoms with Gasteiger partial charge < -0.3 is 19.9 Å². The second-order valence-electron chi connectivity index (χ2n) is 7.14. The summed E-state index contributed by atoms with van der Waals surface area (Å²) in [6.07, 6.45) is -9.29. The van der Waals surface area contributed by atoms with Crippen molar-refractivity contribution in [3.05, 3.63) is 23.2 Å². The summed E-state index contributed by atoms with van der Waals surface area (Å²) in [6, 6.07) is -9.45. The van der Waals surface area contributed by atoms with Gasteiger partial charge in [0.25, 0.3) is 0 Å². The van der Waals surface area contributed by atoms with E-state index in [0.29, 0.717) is 4.90 Å². The quantitative estimate of drug-likeness (QED) is 0.656. The molecular formula is C24H38N2O4. The maximum absolute atomic E-state index is 13.8. The molecule has 0 saturated carbocycles. The lowest BCUT2D eigenvalue weighted by molar-refractivity contribution is -0.160. The van der Waals surface area contributed by atoms with E-state index in [1.54, 1.807) is 0 Å². The highest BCUT2D eigenvalue weighted by Gasteiger charge is 2.41. The smallest absolute Gasteiger partial charge is 0.323 e. The SMILES string of the molecule is [2H]c1c2c(c([2H])c(OC([2H])([2H])[2H])c1OC)C1([2H])N(CC2)C([2H])([2H])C([2H])(CC(C)C)C([2H])(OC(=O)[C@@]([2H])(N)C([2H])(C([2H])([2H])[2H])C([2H])([2H])[2H])C1([2H])[2H]. The molecule has 2 aliphatic rings. The number of nitrogens with zero attached hydrogens (tertiary/aromatic N) is 1. The molecule has 30 heavy (non-hydrogen) atoms. The zero-order valence-corrected chi connectivity index (χ0v) is 16.9. The van der Waals surface area contributed by atoms with Crippen LogP contribution in [0.25, 0.3) is 0 Å². The number of rotatable bonds is 7. The number of fused-ring (bicyclic) bond motifs is 3. The fourth-order valence-electron chi connectivity index (χ4n) is 3.10. The average Bonchev–Trinajstić information content (AvgIpc) is 2.91. The standard InChI is InChI=1S/C24H38N2O4/c1-14(2)9-17-13-26-8-7-16-10-21(28-5)22(29-6)11-18(16)19(26)12-20(17)30-24(27)23(25)15(3)4/h10-11,14-15,17,19-20,23H,7-9,12-13,25H2,1-6H3/t17?,19?,20?,23-/m0/s1/i3D3,4D3,6D3,10D,11D,12D2,13D2,15D,17D,19D,20D,23D. The second kappa shape index (κ2) is 9.56. The zero-order chi connectivity index (χ0) is 39.4. The van der Waals surface area contributed by atoms with Gasteiger partial charge in [-0.25, -0.2) is 0 Å². The van der Waals surface area contributed by atoms with Crippen molar-refractivity contribution < 1.29 is 46.4 Å². The number of benzene rings is 1. The second-order valence-corrected chi connectivity index (χ2v) is 7.14. The Hall–Kier alpha value is -1.79. The van der Waals surface area contributed by atoms with E-state index in [9.17, 15) is 14.4 Å². The van der Waals surface area contributed by atoms with Crippen molar-refractivity contribution in [1.29, 1.82) is 0 Å². The molecule has 2 N–H and O–H groups in total. The molecule has 1 saturated heterocycles. The lowest BCUT2D eigenvalue weighted by Crippen LogP contribution is -2.51. The molecule has 3 unspecified atom stereocenters. The summed E-state index contributed by atoms with van der Waals surface area (Å²) in [7, 11) is -2.29. The summed E-state index contributed by atoms with van der Waals surface area (Å²) in [6.45, 7) is -9.29. The molecule has 6 heteroatoms. The third-order valence-corrected chi connectivity index (χ3v) is 4.48. The van der Waals surface area contributed by atoms with Gasteiger partial charge in [0, 0.05) is 47.8 Å². The first-order valence-electron chi connectivity index (χ1n) is 19.2. The molecule has 2 heterocycles. The molecule has 168 valence electrons. The van der Waals surface area contributed by atoms with Crippen LogP contribution in [0.15, 0.2) is 12.1 Å². The van der Waals surface area contributed by atoms with Crippen LogP contribution in [0.5, 0.6) is 11.5 Å². The number of esters is 1. The molecule has 1 fully saturated rings. The van der Waals surface area contributed by atoms with Crippen molar-refractivity contribution in [2.75, 3.05) is 27.2 Å². The van der Waals surface area contributed by atoms with Crippen LogP contribution >= 0.6 is 0 Å². The lowest BCUT2D eigenvalue weighted by atomic mass is 9.79. The molecule has 6 nitrogen and oxygen atoms in total. The highest BCUT2D eigenvalue weighted by molar-refractivity contribution is 5.76. The van der Waals surface area contributed by atoms with E-state index in [1.807, 2.05) is 0 Å². The van der Waals surface area contributed by atoms with Crippen LogP contribution in [0.3, 0.4) is 0 Å². The van der Waals surface area contributed by atoms with Crippen LogP contribution in [0.4, 0.5) is 0 Å². The Morgan fingerprint density at radius 2 is 2.20 bits per heavy atom. The zero-order valence-electron chi connectivity index (χ0n) is 36.9. The van der Waals surface area contributed by atoms with Crippen LogP contribution in [-0.4, -0.2) is 50.2 Å². The molecule has 2 aliphatic heterocycles. The maximum atomic E-state index is 13.8. The Bertz CT molecular complexity index is 1510. The highest BCUT2D eigenvalue weighted by Crippen LogP contribution is 2.44. The Labute approximate surface area is 209 Å². The molecule has 0 aliphatic carbocycles. The van der Waals surface area contributed by atoms with Gasteiger partial charge in [0.1, 0.15) is 12.1 Å². The van der Waals surface area contributed by atoms with E-state index < -0.39 is 124 Å². The Morgan fingerprint density at radius 1 is 1.43 bits per heavy atom. The van der Waals surface area contributed by atoms with Crippen molar-refractivity contribution in [3.8, 4) is 11.5 Å². The Balaban J connectivity index is 2.52. The summed E-state index contributed by atoms with van der Waals surface area (Å²) in [5.41, 5.74) is 4.38. The molecule has 3 rings (SSSR count). The third kappa shape index (κ3) is 4.75. The van der Waals surface area contributed by atoms with Gasteiger partial charge in [0.05, 0.1) is 25.1 Å². The summed E-state index contributed by atoms with van der Waals surface area (Å²) in [5.74, 6) is -12.5. The minimum Gasteiger partial charge on any atom is -0.493 e. The Morgan fingerprint density at radius 3 is 2.87 bits per heavy atom. The minimum atomic E-state index is -4.21. The van der Waals surface area contributed by atoms with E-state index >= 15 is 0 Å². The van der Waals surface area contributed by atoms with Crippen LogP contribution in [-0.2, 0) is 16.0 Å². The normalized spacial score (nSPS) is 48.0. The number of nitrogens with two attached hydrogens (primary N) is 1. The molecule has 0 spiro atoms. The maximum Gasteiger partial charge on any atom is 0.323 e. The van der Waals surface area contributed by atoms with Gasteiger partial charge >= 0.3 is 5.97 Å². The number of piperidine rings is 1. The molecule has 0 amide bonds. The van der Waals surface area contributed by atoms with Crippen molar-refractivity contribution >= 4 is 5.97 Å². The number of carbonyl (C=O) groups excluding carboxylic acids is 1. The van der Waals surface area contributed by atoms with Crippen LogP contribution in [0.2, 0.25) is 0 Å². The summed E-state index contributed by atoms with van der Waals surface area (Å²) in [5, 5.41) is 0. The largest absolute Gasteiger partial charge is 0.493 e. The highest BCUT2D eigenvalue weighted by atomic mass is 16.5. The molecule has 4 atom stereocenters. The van der Waals surface area contributed by atoms with Gasteiger partial charge in [-0.1, -0.05) is 27.6 Å². The first-order valence-corrected chi connectivity index (χ1v) is 9.21. The number of hydrogen-bond acceptors (Lipinski definition) is 6. The molecular weight excluding hydrogens is 380 g/mol. The third-order valence-electron chi connectivity index (χ3n) is 4.48. The average molecular weight is 439 g/mol. The van der Waals surface area contributed by atoms with Gasteiger partial charge in [-0.3, -0.25) is 9.69 Å². The minimum absolute atomic E-state index is 0.352. The van der Waals surface area contributed by atoms with E-state index in [4.69, 9.17) is 37.8 Å². The predicted molar refractivity (Wildman–Crippen MR) is 118 cm³/mol. The first kappa shape index (κ1) is 8.28. The van der Waals surface area contributed by atoms with E-state index in [-0.39, 0.29) is 5.56 Å². The lowest BCUT2D eigenvalue weighted by Gasteiger charge is -2.47. The van der Waals surface area contributed by atoms with Gasteiger partial charge in [0.2, 0.25) is 0 Å². The van der Waals surface area contributed by atoms with Crippen molar-refractivity contribution in [2.45, 2.75) is 64.9 Å². The van der Waals surface area contributed by atoms with E-state index in [0.717, 1.165) is 7.11 Å². The molecule has 0 radical (unpaired) electrons. The molecule has 0 bridgehead atoms. The summed E-state index contributed by atoms with van der Waals surface area (Å²) in [4.78, 5) is 14.2. The molecule has 1 aromatic rings. The van der Waals surface area contributed by atoms with E-state index in [2.05, 4.69) is 0 Å². The van der Waals surface area contributed by atoms with Gasteiger partial charge in [0.15, 0.2) is 11.5 Å². The number of ether oxygens (including phenoxy) is 3. The van der Waals surface area contributed by atoms with Gasteiger partial charge in [-0.05, 0) is 47.9 Å². The fraction of sp³-hybridized carbons (Fsp3) is 0.708. The monoisotopic (exact) mass is 438 g/mol. The summed E-state index contributed by atoms with van der Waals surface area (Å²) < 4.78 is 184. The van der Waals surface area contributed by atoms with Crippen molar-refractivity contribution in [3.63, 3.8) is 0 Å². The van der Waals surface area contributed by atoms with Crippen LogP contribution in [0.1, 0.15) is 84.9 Å². The number of hydrogen-bond donors (Lipinski definition) is 1. The number of carbonyl (C=O) groups is 1. The predicted octanol–water partition coefficient (Wildman–Crippen LogP) is 3.56. The van der Waals surface area contributed by atoms with Crippen LogP contribution in [0, 0.1) is 17.7 Å². The topological polar surface area (TPSA) is 74.0 Å². The van der Waals surface area contributed by atoms with Crippen molar-refractivity contribution in [1.82, 2.24) is 4.90 Å². The van der Waals surface area contributed by atoms with E-state index in [1.165, 1.54) is 13.8 Å². The van der Waals surface area contributed by atoms with Crippen molar-refractivity contribution in [2.24, 2.45) is 23.4 Å². The van der Waals surface area contributed by atoms with Gasteiger partial charge in [-0.15, -0.1) is 0 Å². The Kier molecular flexibility index (Phi) is 2.64. The molecule has 0 aromatic heterocycles.